The Morgan fingerprint density at radius 2 is 1.58 bits per heavy atom. The van der Waals surface area contributed by atoms with Gasteiger partial charge >= 0.3 is 0 Å². The van der Waals surface area contributed by atoms with Gasteiger partial charge in [-0.3, -0.25) is 0 Å². The predicted molar refractivity (Wildman–Crippen MR) is 80.5 cm³/mol. The maximum Gasteiger partial charge on any atom is 0.150 e. The van der Waals surface area contributed by atoms with Gasteiger partial charge in [0.15, 0.2) is 0 Å². The quantitative estimate of drug-likeness (QED) is 0.810. The van der Waals surface area contributed by atoms with Gasteiger partial charge in [-0.15, -0.1) is 0 Å². The average Bonchev–Trinajstić information content (AvgIpc) is 2.33. The van der Waals surface area contributed by atoms with Gasteiger partial charge in [-0.05, 0) is 41.7 Å². The molecule has 0 saturated heterocycles. The second-order valence-electron chi connectivity index (χ2n) is 6.02. The van der Waals surface area contributed by atoms with E-state index in [1.54, 1.807) is 0 Å². The Morgan fingerprint density at radius 1 is 0.947 bits per heavy atom. The van der Waals surface area contributed by atoms with E-state index >= 15 is 0 Å². The minimum absolute atomic E-state index is 0.298. The average molecular weight is 255 g/mol. The van der Waals surface area contributed by atoms with Crippen LogP contribution < -0.4 is 10.5 Å². The molecule has 2 rings (SSSR count). The van der Waals surface area contributed by atoms with Gasteiger partial charge in [0.1, 0.15) is 11.5 Å². The van der Waals surface area contributed by atoms with Crippen molar-refractivity contribution in [2.45, 2.75) is 27.2 Å². The Hall–Kier alpha value is -1.96. The van der Waals surface area contributed by atoms with Gasteiger partial charge in [-0.25, -0.2) is 0 Å². The largest absolute Gasteiger partial charge is 0.455 e. The fourth-order valence-electron chi connectivity index (χ4n) is 1.99. The van der Waals surface area contributed by atoms with Crippen LogP contribution in [0.5, 0.6) is 11.5 Å². The molecule has 0 aliphatic heterocycles. The minimum Gasteiger partial charge on any atom is -0.455 e. The van der Waals surface area contributed by atoms with Crippen LogP contribution in [0.25, 0.3) is 0 Å². The highest BCUT2D eigenvalue weighted by Crippen LogP contribution is 2.28. The van der Waals surface area contributed by atoms with Crippen LogP contribution in [0.4, 0.5) is 5.69 Å². The fraction of sp³-hybridized carbons (Fsp3) is 0.294. The third kappa shape index (κ3) is 4.02. The molecule has 0 saturated carbocycles. The molecule has 0 aliphatic carbocycles. The number of hydrogen-bond donors (Lipinski definition) is 1. The molecule has 2 nitrogen and oxygen atoms in total. The summed E-state index contributed by atoms with van der Waals surface area (Å²) < 4.78 is 5.77. The first kappa shape index (κ1) is 13.5. The summed E-state index contributed by atoms with van der Waals surface area (Å²) in [7, 11) is 0. The van der Waals surface area contributed by atoms with Crippen molar-refractivity contribution in [3.05, 3.63) is 54.1 Å². The molecule has 0 heterocycles. The summed E-state index contributed by atoms with van der Waals surface area (Å²) in [6, 6.07) is 15.7. The first-order valence-electron chi connectivity index (χ1n) is 6.55. The van der Waals surface area contributed by atoms with E-state index in [2.05, 4.69) is 32.9 Å². The van der Waals surface area contributed by atoms with Crippen molar-refractivity contribution < 1.29 is 4.74 Å². The molecule has 0 amide bonds. The third-order valence-electron chi connectivity index (χ3n) is 2.80. The highest BCUT2D eigenvalue weighted by Gasteiger charge is 2.11. The lowest BCUT2D eigenvalue weighted by Gasteiger charge is -2.18. The summed E-state index contributed by atoms with van der Waals surface area (Å²) in [6.45, 7) is 6.71. The normalized spacial score (nSPS) is 11.3. The Labute approximate surface area is 115 Å². The minimum atomic E-state index is 0.298. The fourth-order valence-corrected chi connectivity index (χ4v) is 1.99. The Bertz CT molecular complexity index is 538. The van der Waals surface area contributed by atoms with Gasteiger partial charge in [0.25, 0.3) is 0 Å². The second-order valence-corrected chi connectivity index (χ2v) is 6.02. The number of nitrogen functional groups attached to an aromatic ring is 1. The molecule has 0 atom stereocenters. The van der Waals surface area contributed by atoms with Gasteiger partial charge in [0, 0.05) is 0 Å². The van der Waals surface area contributed by atoms with E-state index in [0.717, 1.165) is 12.2 Å². The molecule has 100 valence electrons. The number of hydrogen-bond acceptors (Lipinski definition) is 2. The first-order valence-corrected chi connectivity index (χ1v) is 6.55. The lowest BCUT2D eigenvalue weighted by Crippen LogP contribution is -2.08. The molecule has 2 heteroatoms. The topological polar surface area (TPSA) is 35.2 Å². The van der Waals surface area contributed by atoms with Crippen LogP contribution in [-0.2, 0) is 6.42 Å². The third-order valence-corrected chi connectivity index (χ3v) is 2.80. The van der Waals surface area contributed by atoms with Crippen LogP contribution >= 0.6 is 0 Å². The Morgan fingerprint density at radius 3 is 2.16 bits per heavy atom. The van der Waals surface area contributed by atoms with E-state index < -0.39 is 0 Å². The molecular weight excluding hydrogens is 234 g/mol. The molecule has 19 heavy (non-hydrogen) atoms. The number of rotatable bonds is 3. The van der Waals surface area contributed by atoms with Crippen LogP contribution in [0.3, 0.4) is 0 Å². The molecule has 2 aromatic carbocycles. The molecule has 0 fully saturated rings. The monoisotopic (exact) mass is 255 g/mol. The van der Waals surface area contributed by atoms with Crippen molar-refractivity contribution in [2.75, 3.05) is 5.73 Å². The summed E-state index contributed by atoms with van der Waals surface area (Å²) >= 11 is 0. The summed E-state index contributed by atoms with van der Waals surface area (Å²) in [5, 5.41) is 0. The van der Waals surface area contributed by atoms with Gasteiger partial charge in [0.2, 0.25) is 0 Å². The van der Waals surface area contributed by atoms with Crippen molar-refractivity contribution in [2.24, 2.45) is 5.41 Å². The smallest absolute Gasteiger partial charge is 0.150 e. The second kappa shape index (κ2) is 5.35. The Balaban J connectivity index is 2.09. The zero-order valence-electron chi connectivity index (χ0n) is 11.8. The molecule has 0 spiro atoms. The van der Waals surface area contributed by atoms with Gasteiger partial charge in [0.05, 0.1) is 5.69 Å². The van der Waals surface area contributed by atoms with Crippen LogP contribution in [0.15, 0.2) is 48.5 Å². The van der Waals surface area contributed by atoms with E-state index in [0.29, 0.717) is 16.9 Å². The van der Waals surface area contributed by atoms with Crippen molar-refractivity contribution in [1.29, 1.82) is 0 Å². The van der Waals surface area contributed by atoms with Crippen LogP contribution in [0.1, 0.15) is 26.3 Å². The van der Waals surface area contributed by atoms with Gasteiger partial charge < -0.3 is 10.5 Å². The standard InChI is InChI=1S/C17H21NO/c1-17(2,3)12-13-8-10-14(11-9-13)19-16-7-5-4-6-15(16)18/h4-11H,12,18H2,1-3H3. The van der Waals surface area contributed by atoms with E-state index in [9.17, 15) is 0 Å². The maximum atomic E-state index is 5.86. The summed E-state index contributed by atoms with van der Waals surface area (Å²) in [5.74, 6) is 1.52. The maximum absolute atomic E-state index is 5.86. The van der Waals surface area contributed by atoms with Gasteiger partial charge in [-0.1, -0.05) is 45.0 Å². The summed E-state index contributed by atoms with van der Waals surface area (Å²) in [6.07, 6.45) is 1.06. The van der Waals surface area contributed by atoms with Crippen LogP contribution in [0.2, 0.25) is 0 Å². The zero-order valence-corrected chi connectivity index (χ0v) is 11.8. The van der Waals surface area contributed by atoms with E-state index in [-0.39, 0.29) is 0 Å². The molecule has 2 aromatic rings. The van der Waals surface area contributed by atoms with Crippen LogP contribution in [0, 0.1) is 5.41 Å². The van der Waals surface area contributed by atoms with Crippen LogP contribution in [-0.4, -0.2) is 0 Å². The van der Waals surface area contributed by atoms with E-state index in [1.807, 2.05) is 36.4 Å². The predicted octanol–water partition coefficient (Wildman–Crippen LogP) is 4.65. The SMILES string of the molecule is CC(C)(C)Cc1ccc(Oc2ccccc2N)cc1. The number of anilines is 1. The van der Waals surface area contributed by atoms with E-state index in [1.165, 1.54) is 5.56 Å². The molecule has 0 radical (unpaired) electrons. The molecule has 0 bridgehead atoms. The van der Waals surface area contributed by atoms with Crippen molar-refractivity contribution in [3.8, 4) is 11.5 Å². The highest BCUT2D eigenvalue weighted by atomic mass is 16.5. The molecular formula is C17H21NO. The molecule has 0 unspecified atom stereocenters. The number of benzene rings is 2. The summed E-state index contributed by atoms with van der Waals surface area (Å²) in [4.78, 5) is 0. The number of para-hydroxylation sites is 2. The number of nitrogens with two attached hydrogens (primary N) is 1. The molecule has 0 aromatic heterocycles. The first-order chi connectivity index (χ1) is 8.94. The molecule has 2 N–H and O–H groups in total. The van der Waals surface area contributed by atoms with Gasteiger partial charge in [-0.2, -0.15) is 0 Å². The molecule has 0 aliphatic rings. The summed E-state index contributed by atoms with van der Waals surface area (Å²) in [5.41, 5.74) is 8.13. The Kier molecular flexibility index (Phi) is 3.79. The van der Waals surface area contributed by atoms with Crippen molar-refractivity contribution >= 4 is 5.69 Å². The highest BCUT2D eigenvalue weighted by molar-refractivity contribution is 5.53. The van der Waals surface area contributed by atoms with E-state index in [4.69, 9.17) is 10.5 Å². The zero-order chi connectivity index (χ0) is 13.9. The van der Waals surface area contributed by atoms with Crippen molar-refractivity contribution in [3.63, 3.8) is 0 Å². The number of ether oxygens (including phenoxy) is 1. The lowest BCUT2D eigenvalue weighted by atomic mass is 9.88. The lowest BCUT2D eigenvalue weighted by molar-refractivity contribution is 0.410. The van der Waals surface area contributed by atoms with Crippen molar-refractivity contribution in [1.82, 2.24) is 0 Å².